The SMILES string of the molecule is COCOc1c(-c2nc(C(N)=O)c3cc(N4CCN(C(=O)OC(C)(C)C)CC4)ccc3n2)cc2cn(C)nc2c1F. The van der Waals surface area contributed by atoms with E-state index in [-0.39, 0.29) is 41.2 Å². The molecule has 12 nitrogen and oxygen atoms in total. The molecular weight excluding hydrogens is 533 g/mol. The highest BCUT2D eigenvalue weighted by Crippen LogP contribution is 2.37. The van der Waals surface area contributed by atoms with E-state index >= 15 is 4.39 Å². The zero-order chi connectivity index (χ0) is 29.5. The second-order valence-corrected chi connectivity index (χ2v) is 10.8. The van der Waals surface area contributed by atoms with Gasteiger partial charge in [-0.3, -0.25) is 9.48 Å². The van der Waals surface area contributed by atoms with E-state index in [2.05, 4.69) is 20.0 Å². The van der Waals surface area contributed by atoms with Gasteiger partial charge in [-0.1, -0.05) is 0 Å². The number of amides is 2. The van der Waals surface area contributed by atoms with Crippen LogP contribution in [0.1, 0.15) is 31.3 Å². The zero-order valence-electron chi connectivity index (χ0n) is 23.6. The monoisotopic (exact) mass is 565 g/mol. The van der Waals surface area contributed by atoms with Gasteiger partial charge in [-0.2, -0.15) is 5.10 Å². The number of ether oxygens (including phenoxy) is 3. The molecule has 2 aromatic carbocycles. The lowest BCUT2D eigenvalue weighted by Gasteiger charge is -2.36. The van der Waals surface area contributed by atoms with E-state index in [0.29, 0.717) is 42.5 Å². The molecule has 1 saturated heterocycles. The number of nitrogens with two attached hydrogens (primary N) is 1. The molecule has 0 atom stereocenters. The fourth-order valence-corrected chi connectivity index (χ4v) is 4.75. The number of benzene rings is 2. The molecule has 0 aliphatic carbocycles. The summed E-state index contributed by atoms with van der Waals surface area (Å²) >= 11 is 0. The number of aryl methyl sites for hydroxylation is 1. The Morgan fingerprint density at radius 1 is 1.10 bits per heavy atom. The molecule has 41 heavy (non-hydrogen) atoms. The predicted molar refractivity (Wildman–Crippen MR) is 150 cm³/mol. The normalized spacial score (nSPS) is 14.1. The van der Waals surface area contributed by atoms with Gasteiger partial charge in [-0.05, 0) is 45.0 Å². The predicted octanol–water partition coefficient (Wildman–Crippen LogP) is 3.46. The molecule has 1 fully saturated rings. The minimum atomic E-state index is -0.757. The quantitative estimate of drug-likeness (QED) is 0.348. The summed E-state index contributed by atoms with van der Waals surface area (Å²) in [5, 5.41) is 5.13. The van der Waals surface area contributed by atoms with E-state index in [0.717, 1.165) is 5.69 Å². The molecule has 2 aromatic heterocycles. The van der Waals surface area contributed by atoms with Crippen LogP contribution in [-0.4, -0.2) is 82.3 Å². The third-order valence-corrected chi connectivity index (χ3v) is 6.58. The maximum Gasteiger partial charge on any atom is 0.410 e. The van der Waals surface area contributed by atoms with Crippen molar-refractivity contribution < 1.29 is 28.2 Å². The standard InChI is InChI=1S/C28H32FN7O5/c1-28(2,3)41-27(38)36-10-8-35(9-11-36)17-6-7-20-18(13-17)23(25(30)37)32-26(31-20)19-12-16-14-34(4)33-22(16)21(29)24(19)40-15-39-5/h6-7,12-14H,8-11,15H2,1-5H3,(H2,30,37). The summed E-state index contributed by atoms with van der Waals surface area (Å²) in [6.07, 6.45) is 1.31. The van der Waals surface area contributed by atoms with Gasteiger partial charge in [0.05, 0.1) is 11.1 Å². The Hall–Kier alpha value is -4.52. The third kappa shape index (κ3) is 5.71. The van der Waals surface area contributed by atoms with Crippen molar-refractivity contribution in [1.82, 2.24) is 24.6 Å². The van der Waals surface area contributed by atoms with Crippen molar-refractivity contribution in [2.75, 3.05) is 45.0 Å². The molecule has 1 aliphatic rings. The smallest absolute Gasteiger partial charge is 0.410 e. The lowest BCUT2D eigenvalue weighted by Crippen LogP contribution is -2.50. The first kappa shape index (κ1) is 28.0. The number of carbonyl (C=O) groups is 2. The number of rotatable bonds is 6. The molecule has 3 heterocycles. The molecular formula is C28H32FN7O5. The Morgan fingerprint density at radius 3 is 2.49 bits per heavy atom. The van der Waals surface area contributed by atoms with E-state index in [1.54, 1.807) is 36.3 Å². The molecule has 0 saturated carbocycles. The molecule has 0 radical (unpaired) electrons. The van der Waals surface area contributed by atoms with Crippen molar-refractivity contribution in [3.8, 4) is 17.1 Å². The van der Waals surface area contributed by atoms with Crippen LogP contribution in [0.3, 0.4) is 0 Å². The number of hydrogen-bond acceptors (Lipinski definition) is 9. The summed E-state index contributed by atoms with van der Waals surface area (Å²) in [6, 6.07) is 7.09. The number of piperazine rings is 1. The van der Waals surface area contributed by atoms with Crippen molar-refractivity contribution in [2.45, 2.75) is 26.4 Å². The molecule has 0 spiro atoms. The molecule has 2 amide bonds. The summed E-state index contributed by atoms with van der Waals surface area (Å²) in [4.78, 5) is 37.9. The second kappa shape index (κ2) is 10.8. The summed E-state index contributed by atoms with van der Waals surface area (Å²) in [6.45, 7) is 7.39. The molecule has 0 bridgehead atoms. The van der Waals surface area contributed by atoms with Crippen molar-refractivity contribution in [1.29, 1.82) is 0 Å². The summed E-state index contributed by atoms with van der Waals surface area (Å²) < 4.78 is 33.0. The van der Waals surface area contributed by atoms with Crippen LogP contribution >= 0.6 is 0 Å². The van der Waals surface area contributed by atoms with Crippen LogP contribution in [0.4, 0.5) is 14.9 Å². The number of hydrogen-bond donors (Lipinski definition) is 1. The fraction of sp³-hybridized carbons (Fsp3) is 0.393. The van der Waals surface area contributed by atoms with Crippen molar-refractivity contribution in [2.24, 2.45) is 12.8 Å². The average molecular weight is 566 g/mol. The Morgan fingerprint density at radius 2 is 1.83 bits per heavy atom. The molecule has 13 heteroatoms. The molecule has 0 unspecified atom stereocenters. The number of fused-ring (bicyclic) bond motifs is 2. The van der Waals surface area contributed by atoms with Crippen LogP contribution in [0.25, 0.3) is 33.2 Å². The molecule has 5 rings (SSSR count). The van der Waals surface area contributed by atoms with Gasteiger partial charge in [0.25, 0.3) is 5.91 Å². The van der Waals surface area contributed by atoms with Gasteiger partial charge in [0.15, 0.2) is 24.2 Å². The number of halogens is 1. The summed E-state index contributed by atoms with van der Waals surface area (Å²) in [5.41, 5.74) is 6.81. The topological polar surface area (TPSA) is 138 Å². The van der Waals surface area contributed by atoms with Gasteiger partial charge >= 0.3 is 6.09 Å². The van der Waals surface area contributed by atoms with Gasteiger partial charge in [0, 0.05) is 63.0 Å². The van der Waals surface area contributed by atoms with Crippen LogP contribution in [0, 0.1) is 5.82 Å². The largest absolute Gasteiger partial charge is 0.464 e. The lowest BCUT2D eigenvalue weighted by molar-refractivity contribution is 0.0240. The van der Waals surface area contributed by atoms with Crippen LogP contribution in [0.15, 0.2) is 30.5 Å². The van der Waals surface area contributed by atoms with E-state index in [9.17, 15) is 9.59 Å². The lowest BCUT2D eigenvalue weighted by atomic mass is 10.1. The first-order chi connectivity index (χ1) is 19.4. The number of nitrogens with zero attached hydrogens (tertiary/aromatic N) is 6. The van der Waals surface area contributed by atoms with Crippen molar-refractivity contribution in [3.05, 3.63) is 42.0 Å². The highest BCUT2D eigenvalue weighted by molar-refractivity contribution is 6.05. The fourth-order valence-electron chi connectivity index (χ4n) is 4.75. The maximum atomic E-state index is 15.5. The highest BCUT2D eigenvalue weighted by atomic mass is 19.1. The summed E-state index contributed by atoms with van der Waals surface area (Å²) in [7, 11) is 3.10. The highest BCUT2D eigenvalue weighted by Gasteiger charge is 2.27. The first-order valence-corrected chi connectivity index (χ1v) is 13.1. The van der Waals surface area contributed by atoms with Gasteiger partial charge in [-0.15, -0.1) is 0 Å². The van der Waals surface area contributed by atoms with Crippen LogP contribution in [0.2, 0.25) is 0 Å². The van der Waals surface area contributed by atoms with E-state index in [4.69, 9.17) is 19.9 Å². The van der Waals surface area contributed by atoms with Gasteiger partial charge in [0.2, 0.25) is 0 Å². The first-order valence-electron chi connectivity index (χ1n) is 13.1. The average Bonchev–Trinajstić information content (AvgIpc) is 3.31. The van der Waals surface area contributed by atoms with Crippen LogP contribution < -0.4 is 15.4 Å². The molecule has 4 aromatic rings. The van der Waals surface area contributed by atoms with E-state index in [1.165, 1.54) is 11.8 Å². The van der Waals surface area contributed by atoms with Gasteiger partial charge in [0.1, 0.15) is 16.8 Å². The Bertz CT molecular complexity index is 1640. The van der Waals surface area contributed by atoms with Crippen molar-refractivity contribution >= 4 is 39.5 Å². The van der Waals surface area contributed by atoms with E-state index in [1.807, 2.05) is 26.8 Å². The number of anilines is 1. The minimum Gasteiger partial charge on any atom is -0.464 e. The Labute approximate surface area is 235 Å². The molecule has 2 N–H and O–H groups in total. The maximum absolute atomic E-state index is 15.5. The number of methoxy groups -OCH3 is 1. The van der Waals surface area contributed by atoms with E-state index < -0.39 is 17.3 Å². The van der Waals surface area contributed by atoms with Gasteiger partial charge in [-0.25, -0.2) is 19.2 Å². The second-order valence-electron chi connectivity index (χ2n) is 10.8. The van der Waals surface area contributed by atoms with Crippen LogP contribution in [-0.2, 0) is 16.5 Å². The Balaban J connectivity index is 1.50. The van der Waals surface area contributed by atoms with Crippen molar-refractivity contribution in [3.63, 3.8) is 0 Å². The van der Waals surface area contributed by atoms with Crippen LogP contribution in [0.5, 0.6) is 5.75 Å². The minimum absolute atomic E-state index is 0.0105. The molecule has 1 aliphatic heterocycles. The third-order valence-electron chi connectivity index (χ3n) is 6.58. The van der Waals surface area contributed by atoms with Gasteiger partial charge < -0.3 is 29.7 Å². The summed E-state index contributed by atoms with van der Waals surface area (Å²) in [5.74, 6) is -1.53. The number of aromatic nitrogens is 4. The number of carbonyl (C=O) groups excluding carboxylic acids is 2. The number of primary amides is 1. The molecule has 216 valence electrons. The zero-order valence-corrected chi connectivity index (χ0v) is 23.6. The Kier molecular flexibility index (Phi) is 7.39.